The Morgan fingerprint density at radius 3 is 3.00 bits per heavy atom. The molecule has 0 amide bonds. The van der Waals surface area contributed by atoms with E-state index in [4.69, 9.17) is 9.84 Å². The molecule has 82 valence electrons. The van der Waals surface area contributed by atoms with E-state index in [1.807, 2.05) is 0 Å². The first kappa shape index (κ1) is 10.2. The molecule has 2 aromatic heterocycles. The largest absolute Gasteiger partial charge is 0.481 e. The number of aromatic nitrogens is 2. The molecule has 0 spiro atoms. The molecule has 2 rings (SSSR count). The van der Waals surface area contributed by atoms with E-state index in [1.165, 1.54) is 13.2 Å². The normalized spacial score (nSPS) is 10.1. The van der Waals surface area contributed by atoms with Gasteiger partial charge in [0, 0.05) is 18.5 Å². The van der Waals surface area contributed by atoms with Crippen molar-refractivity contribution in [1.29, 1.82) is 0 Å². The summed E-state index contributed by atoms with van der Waals surface area (Å²) in [5.41, 5.74) is 0.905. The molecule has 1 N–H and O–H groups in total. The minimum absolute atomic E-state index is 0.202. The van der Waals surface area contributed by atoms with Crippen molar-refractivity contribution < 1.29 is 14.6 Å². The maximum atomic E-state index is 10.9. The predicted molar refractivity (Wildman–Crippen MR) is 57.1 cm³/mol. The lowest BCUT2D eigenvalue weighted by Gasteiger charge is -2.07. The van der Waals surface area contributed by atoms with Crippen molar-refractivity contribution in [2.45, 2.75) is 0 Å². The number of hydrogen-bond acceptors (Lipinski definition) is 3. The molecule has 0 aliphatic rings. The molecule has 0 aliphatic heterocycles. The van der Waals surface area contributed by atoms with Gasteiger partial charge in [0.25, 0.3) is 0 Å². The standard InChI is InChI=1S/C11H10N2O3/c1-16-10-7-8(4-5-12-10)13-6-2-3-9(13)11(14)15/h2-7H,1H3,(H,14,15). The monoisotopic (exact) mass is 218 g/mol. The van der Waals surface area contributed by atoms with Gasteiger partial charge in [0.05, 0.1) is 12.8 Å². The molecule has 0 unspecified atom stereocenters. The fourth-order valence-electron chi connectivity index (χ4n) is 1.44. The maximum absolute atomic E-state index is 10.9. The zero-order chi connectivity index (χ0) is 11.5. The summed E-state index contributed by atoms with van der Waals surface area (Å²) < 4.78 is 6.54. The Morgan fingerprint density at radius 1 is 1.50 bits per heavy atom. The fourth-order valence-corrected chi connectivity index (χ4v) is 1.44. The minimum atomic E-state index is -0.972. The van der Waals surface area contributed by atoms with Crippen LogP contribution in [0.5, 0.6) is 5.88 Å². The summed E-state index contributed by atoms with van der Waals surface area (Å²) in [4.78, 5) is 14.9. The molecular formula is C11H10N2O3. The van der Waals surface area contributed by atoms with E-state index >= 15 is 0 Å². The van der Waals surface area contributed by atoms with E-state index in [0.29, 0.717) is 11.6 Å². The fraction of sp³-hybridized carbons (Fsp3) is 0.0909. The van der Waals surface area contributed by atoms with Crippen LogP contribution in [0.15, 0.2) is 36.7 Å². The van der Waals surface area contributed by atoms with Gasteiger partial charge in [-0.1, -0.05) is 0 Å². The van der Waals surface area contributed by atoms with E-state index < -0.39 is 5.97 Å². The van der Waals surface area contributed by atoms with E-state index in [9.17, 15) is 4.79 Å². The van der Waals surface area contributed by atoms with Crippen molar-refractivity contribution in [1.82, 2.24) is 9.55 Å². The average molecular weight is 218 g/mol. The Kier molecular flexibility index (Phi) is 2.59. The molecule has 5 nitrogen and oxygen atoms in total. The van der Waals surface area contributed by atoms with E-state index in [1.54, 1.807) is 35.2 Å². The van der Waals surface area contributed by atoms with Gasteiger partial charge >= 0.3 is 5.97 Å². The third-order valence-corrected chi connectivity index (χ3v) is 2.17. The quantitative estimate of drug-likeness (QED) is 0.849. The van der Waals surface area contributed by atoms with Crippen LogP contribution in [-0.4, -0.2) is 27.7 Å². The van der Waals surface area contributed by atoms with Crippen LogP contribution < -0.4 is 4.74 Å². The van der Waals surface area contributed by atoms with Gasteiger partial charge in [0.1, 0.15) is 5.69 Å². The zero-order valence-electron chi connectivity index (χ0n) is 8.62. The molecule has 0 fully saturated rings. The van der Waals surface area contributed by atoms with Crippen molar-refractivity contribution in [2.75, 3.05) is 7.11 Å². The summed E-state index contributed by atoms with van der Waals surface area (Å²) in [6.07, 6.45) is 3.25. The van der Waals surface area contributed by atoms with Crippen molar-refractivity contribution in [3.63, 3.8) is 0 Å². The number of carbonyl (C=O) groups is 1. The smallest absolute Gasteiger partial charge is 0.352 e. The number of pyridine rings is 1. The van der Waals surface area contributed by atoms with Gasteiger partial charge in [0.15, 0.2) is 0 Å². The minimum Gasteiger partial charge on any atom is -0.481 e. The Bertz CT molecular complexity index is 519. The summed E-state index contributed by atoms with van der Waals surface area (Å²) in [7, 11) is 1.51. The van der Waals surface area contributed by atoms with Crippen LogP contribution in [0.2, 0.25) is 0 Å². The number of nitrogens with zero attached hydrogens (tertiary/aromatic N) is 2. The second kappa shape index (κ2) is 4.06. The van der Waals surface area contributed by atoms with Crippen LogP contribution in [0.1, 0.15) is 10.5 Å². The van der Waals surface area contributed by atoms with Gasteiger partial charge < -0.3 is 14.4 Å². The number of carboxylic acid groups (broad SMARTS) is 1. The summed E-state index contributed by atoms with van der Waals surface area (Å²) in [5, 5.41) is 8.97. The predicted octanol–water partition coefficient (Wildman–Crippen LogP) is 1.58. The number of carboxylic acids is 1. The number of methoxy groups -OCH3 is 1. The van der Waals surface area contributed by atoms with Gasteiger partial charge in [-0.25, -0.2) is 9.78 Å². The molecule has 16 heavy (non-hydrogen) atoms. The third kappa shape index (κ3) is 1.75. The topological polar surface area (TPSA) is 64.3 Å². The first-order valence-corrected chi connectivity index (χ1v) is 4.63. The van der Waals surface area contributed by atoms with Crippen LogP contribution in [0.3, 0.4) is 0 Å². The highest BCUT2D eigenvalue weighted by Gasteiger charge is 2.10. The maximum Gasteiger partial charge on any atom is 0.352 e. The molecule has 0 atom stereocenters. The first-order valence-electron chi connectivity index (χ1n) is 4.63. The molecule has 0 bridgehead atoms. The second-order valence-corrected chi connectivity index (χ2v) is 3.12. The Hall–Kier alpha value is -2.30. The molecule has 5 heteroatoms. The SMILES string of the molecule is COc1cc(-n2cccc2C(=O)O)ccn1. The first-order chi connectivity index (χ1) is 7.72. The lowest BCUT2D eigenvalue weighted by Crippen LogP contribution is -2.05. The third-order valence-electron chi connectivity index (χ3n) is 2.17. The summed E-state index contributed by atoms with van der Waals surface area (Å²) in [6.45, 7) is 0. The van der Waals surface area contributed by atoms with Gasteiger partial charge in [-0.2, -0.15) is 0 Å². The van der Waals surface area contributed by atoms with Crippen LogP contribution in [0.25, 0.3) is 5.69 Å². The second-order valence-electron chi connectivity index (χ2n) is 3.12. The van der Waals surface area contributed by atoms with Crippen molar-refractivity contribution in [3.05, 3.63) is 42.4 Å². The van der Waals surface area contributed by atoms with Gasteiger partial charge in [-0.15, -0.1) is 0 Å². The molecular weight excluding hydrogens is 208 g/mol. The lowest BCUT2D eigenvalue weighted by molar-refractivity contribution is 0.0688. The summed E-state index contributed by atoms with van der Waals surface area (Å²) >= 11 is 0. The molecule has 0 radical (unpaired) electrons. The highest BCUT2D eigenvalue weighted by Crippen LogP contribution is 2.16. The van der Waals surface area contributed by atoms with Crippen LogP contribution >= 0.6 is 0 Å². The number of aromatic carboxylic acids is 1. The Balaban J connectivity index is 2.50. The van der Waals surface area contributed by atoms with Gasteiger partial charge in [0.2, 0.25) is 5.88 Å². The van der Waals surface area contributed by atoms with Crippen LogP contribution in [0, 0.1) is 0 Å². The van der Waals surface area contributed by atoms with E-state index in [0.717, 1.165) is 0 Å². The van der Waals surface area contributed by atoms with Crippen LogP contribution in [0.4, 0.5) is 0 Å². The molecule has 2 aromatic rings. The zero-order valence-corrected chi connectivity index (χ0v) is 8.62. The molecule has 0 saturated heterocycles. The lowest BCUT2D eigenvalue weighted by atomic mass is 10.3. The van der Waals surface area contributed by atoms with E-state index in [2.05, 4.69) is 4.98 Å². The van der Waals surface area contributed by atoms with Crippen LogP contribution in [-0.2, 0) is 0 Å². The number of ether oxygens (including phenoxy) is 1. The van der Waals surface area contributed by atoms with Crippen molar-refractivity contribution >= 4 is 5.97 Å². The van der Waals surface area contributed by atoms with Gasteiger partial charge in [-0.05, 0) is 18.2 Å². The number of rotatable bonds is 3. The highest BCUT2D eigenvalue weighted by atomic mass is 16.5. The Labute approximate surface area is 91.9 Å². The van der Waals surface area contributed by atoms with Crippen molar-refractivity contribution in [3.8, 4) is 11.6 Å². The van der Waals surface area contributed by atoms with Gasteiger partial charge in [-0.3, -0.25) is 0 Å². The average Bonchev–Trinajstić information content (AvgIpc) is 2.78. The summed E-state index contributed by atoms with van der Waals surface area (Å²) in [5.74, 6) is -0.525. The van der Waals surface area contributed by atoms with E-state index in [-0.39, 0.29) is 5.69 Å². The highest BCUT2D eigenvalue weighted by molar-refractivity contribution is 5.86. The molecule has 0 aromatic carbocycles. The summed E-state index contributed by atoms with van der Waals surface area (Å²) in [6, 6.07) is 6.60. The van der Waals surface area contributed by atoms with Crippen molar-refractivity contribution in [2.24, 2.45) is 0 Å². The molecule has 2 heterocycles. The Morgan fingerprint density at radius 2 is 2.31 bits per heavy atom. The number of hydrogen-bond donors (Lipinski definition) is 1. The molecule has 0 aliphatic carbocycles. The molecule has 0 saturated carbocycles.